The molecule has 0 spiro atoms. The number of halogens is 1. The lowest BCUT2D eigenvalue weighted by atomic mass is 10.1. The van der Waals surface area contributed by atoms with Crippen LogP contribution < -0.4 is 14.8 Å². The number of hydrogen-bond acceptors (Lipinski definition) is 5. The molecule has 1 amide bonds. The second kappa shape index (κ2) is 9.08. The van der Waals surface area contributed by atoms with Crippen molar-refractivity contribution in [3.05, 3.63) is 58.1 Å². The number of carbonyl (C=O) groups is 1. The Balaban J connectivity index is 1.71. The van der Waals surface area contributed by atoms with E-state index in [0.717, 1.165) is 22.7 Å². The highest BCUT2D eigenvalue weighted by Crippen LogP contribution is 2.36. The van der Waals surface area contributed by atoms with E-state index in [1.54, 1.807) is 12.1 Å². The van der Waals surface area contributed by atoms with Crippen LogP contribution in [0.2, 0.25) is 5.02 Å². The Labute approximate surface area is 173 Å². The van der Waals surface area contributed by atoms with Crippen LogP contribution in [0.4, 0.5) is 5.69 Å². The van der Waals surface area contributed by atoms with E-state index in [2.05, 4.69) is 41.5 Å². The minimum absolute atomic E-state index is 0.164. The van der Waals surface area contributed by atoms with Crippen LogP contribution in [0.25, 0.3) is 10.6 Å². The average molecular weight is 417 g/mol. The van der Waals surface area contributed by atoms with E-state index in [4.69, 9.17) is 21.1 Å². The molecule has 3 rings (SSSR count). The summed E-state index contributed by atoms with van der Waals surface area (Å²) in [6.07, 6.45) is 1.17. The Hall–Kier alpha value is -2.57. The van der Waals surface area contributed by atoms with E-state index < -0.39 is 0 Å². The van der Waals surface area contributed by atoms with Crippen LogP contribution in [0.3, 0.4) is 0 Å². The number of thiazole rings is 1. The number of methoxy groups -OCH3 is 2. The van der Waals surface area contributed by atoms with Gasteiger partial charge in [-0.05, 0) is 12.0 Å². The molecule has 0 saturated heterocycles. The number of hydrogen-bond donors (Lipinski definition) is 1. The molecule has 0 unspecified atom stereocenters. The summed E-state index contributed by atoms with van der Waals surface area (Å²) < 4.78 is 10.5. The molecule has 0 aliphatic carbocycles. The van der Waals surface area contributed by atoms with E-state index in [9.17, 15) is 4.79 Å². The molecule has 0 fully saturated rings. The van der Waals surface area contributed by atoms with Gasteiger partial charge in [0.1, 0.15) is 16.5 Å². The molecule has 7 heteroatoms. The predicted molar refractivity (Wildman–Crippen MR) is 114 cm³/mol. The van der Waals surface area contributed by atoms with Crippen LogP contribution in [-0.2, 0) is 17.6 Å². The predicted octanol–water partition coefficient (Wildman–Crippen LogP) is 5.22. The first-order chi connectivity index (χ1) is 13.5. The van der Waals surface area contributed by atoms with Crippen molar-refractivity contribution in [3.63, 3.8) is 0 Å². The third-order valence-electron chi connectivity index (χ3n) is 4.25. The first-order valence-corrected chi connectivity index (χ1v) is 10.0. The van der Waals surface area contributed by atoms with Crippen LogP contribution in [0.1, 0.15) is 18.2 Å². The summed E-state index contributed by atoms with van der Waals surface area (Å²) in [5.41, 5.74) is 3.56. The van der Waals surface area contributed by atoms with Crippen molar-refractivity contribution in [3.8, 4) is 22.1 Å². The molecule has 5 nitrogen and oxygen atoms in total. The number of nitrogens with zero attached hydrogens (tertiary/aromatic N) is 1. The second-order valence-electron chi connectivity index (χ2n) is 6.11. The van der Waals surface area contributed by atoms with Gasteiger partial charge < -0.3 is 14.8 Å². The first-order valence-electron chi connectivity index (χ1n) is 8.79. The number of benzene rings is 2. The number of nitrogens with one attached hydrogen (secondary N) is 1. The molecule has 0 atom stereocenters. The molecule has 28 heavy (non-hydrogen) atoms. The molecule has 0 bridgehead atoms. The Kier molecular flexibility index (Phi) is 6.54. The quantitative estimate of drug-likeness (QED) is 0.573. The standard InChI is InChI=1S/C21H21ClN2O3S/c1-4-13-5-7-14(8-6-13)21-23-15(12-28-21)9-20(25)24-17-11-18(26-2)16(22)10-19(17)27-3/h5-8,10-12H,4,9H2,1-3H3,(H,24,25). The monoisotopic (exact) mass is 416 g/mol. The first kappa shape index (κ1) is 20.2. The van der Waals surface area contributed by atoms with Gasteiger partial charge in [0.2, 0.25) is 5.91 Å². The van der Waals surface area contributed by atoms with E-state index in [0.29, 0.717) is 22.2 Å². The van der Waals surface area contributed by atoms with Gasteiger partial charge in [-0.2, -0.15) is 0 Å². The van der Waals surface area contributed by atoms with Crippen molar-refractivity contribution in [2.45, 2.75) is 19.8 Å². The minimum atomic E-state index is -0.194. The zero-order chi connectivity index (χ0) is 20.1. The van der Waals surface area contributed by atoms with Crippen molar-refractivity contribution in [1.29, 1.82) is 0 Å². The number of carbonyl (C=O) groups excluding carboxylic acids is 1. The highest BCUT2D eigenvalue weighted by Gasteiger charge is 2.14. The molecule has 0 saturated carbocycles. The largest absolute Gasteiger partial charge is 0.495 e. The van der Waals surface area contributed by atoms with Crippen LogP contribution in [0, 0.1) is 0 Å². The van der Waals surface area contributed by atoms with Gasteiger partial charge in [0.15, 0.2) is 0 Å². The maximum absolute atomic E-state index is 12.5. The number of rotatable bonds is 7. The Bertz CT molecular complexity index is 970. The molecule has 3 aromatic rings. The highest BCUT2D eigenvalue weighted by molar-refractivity contribution is 7.13. The number of anilines is 1. The molecule has 1 heterocycles. The van der Waals surface area contributed by atoms with Crippen molar-refractivity contribution in [2.75, 3.05) is 19.5 Å². The van der Waals surface area contributed by atoms with Gasteiger partial charge in [-0.1, -0.05) is 42.8 Å². The number of aryl methyl sites for hydroxylation is 1. The van der Waals surface area contributed by atoms with Gasteiger partial charge >= 0.3 is 0 Å². The molecule has 0 radical (unpaired) electrons. The second-order valence-corrected chi connectivity index (χ2v) is 7.37. The van der Waals surface area contributed by atoms with E-state index in [-0.39, 0.29) is 12.3 Å². The molecule has 1 aromatic heterocycles. The summed E-state index contributed by atoms with van der Waals surface area (Å²) in [6.45, 7) is 2.13. The van der Waals surface area contributed by atoms with Gasteiger partial charge in [-0.3, -0.25) is 4.79 Å². The summed E-state index contributed by atoms with van der Waals surface area (Å²) in [6, 6.07) is 11.6. The Morgan fingerprint density at radius 1 is 1.14 bits per heavy atom. The Morgan fingerprint density at radius 2 is 1.86 bits per heavy atom. The van der Waals surface area contributed by atoms with Gasteiger partial charge in [0.05, 0.1) is 37.0 Å². The number of ether oxygens (including phenoxy) is 2. The van der Waals surface area contributed by atoms with Crippen molar-refractivity contribution >= 4 is 34.5 Å². The third kappa shape index (κ3) is 4.64. The molecule has 146 valence electrons. The normalized spacial score (nSPS) is 10.6. The topological polar surface area (TPSA) is 60.5 Å². The molecule has 0 aliphatic rings. The zero-order valence-electron chi connectivity index (χ0n) is 15.9. The van der Waals surface area contributed by atoms with Gasteiger partial charge in [0, 0.05) is 23.1 Å². The summed E-state index contributed by atoms with van der Waals surface area (Å²) in [7, 11) is 3.04. The third-order valence-corrected chi connectivity index (χ3v) is 5.49. The van der Waals surface area contributed by atoms with E-state index in [1.807, 2.05) is 5.38 Å². The number of amides is 1. The molecular weight excluding hydrogens is 396 g/mol. The highest BCUT2D eigenvalue weighted by atomic mass is 35.5. The van der Waals surface area contributed by atoms with Crippen molar-refractivity contribution in [1.82, 2.24) is 4.98 Å². The van der Waals surface area contributed by atoms with Gasteiger partial charge in [-0.25, -0.2) is 4.98 Å². The fourth-order valence-electron chi connectivity index (χ4n) is 2.72. The van der Waals surface area contributed by atoms with Crippen LogP contribution >= 0.6 is 22.9 Å². The van der Waals surface area contributed by atoms with E-state index in [1.165, 1.54) is 31.1 Å². The number of aromatic nitrogens is 1. The van der Waals surface area contributed by atoms with Crippen LogP contribution in [0.15, 0.2) is 41.8 Å². The SMILES string of the molecule is CCc1ccc(-c2nc(CC(=O)Nc3cc(OC)c(Cl)cc3OC)cs2)cc1. The Morgan fingerprint density at radius 3 is 2.50 bits per heavy atom. The molecule has 2 aromatic carbocycles. The van der Waals surface area contributed by atoms with Gasteiger partial charge in [0.25, 0.3) is 0 Å². The molecule has 1 N–H and O–H groups in total. The molecular formula is C21H21ClN2O3S. The minimum Gasteiger partial charge on any atom is -0.495 e. The fraction of sp³-hybridized carbons (Fsp3) is 0.238. The smallest absolute Gasteiger partial charge is 0.230 e. The van der Waals surface area contributed by atoms with Crippen molar-refractivity contribution < 1.29 is 14.3 Å². The van der Waals surface area contributed by atoms with E-state index >= 15 is 0 Å². The lowest BCUT2D eigenvalue weighted by molar-refractivity contribution is -0.115. The average Bonchev–Trinajstić information content (AvgIpc) is 3.17. The fourth-order valence-corrected chi connectivity index (χ4v) is 3.78. The van der Waals surface area contributed by atoms with Crippen molar-refractivity contribution in [2.24, 2.45) is 0 Å². The zero-order valence-corrected chi connectivity index (χ0v) is 17.5. The van der Waals surface area contributed by atoms with Gasteiger partial charge in [-0.15, -0.1) is 11.3 Å². The lowest BCUT2D eigenvalue weighted by Gasteiger charge is -2.12. The maximum Gasteiger partial charge on any atom is 0.230 e. The summed E-state index contributed by atoms with van der Waals surface area (Å²) in [5, 5.41) is 6.05. The summed E-state index contributed by atoms with van der Waals surface area (Å²) in [4.78, 5) is 17.1. The van der Waals surface area contributed by atoms with Crippen LogP contribution in [-0.4, -0.2) is 25.1 Å². The maximum atomic E-state index is 12.5. The molecule has 0 aliphatic heterocycles. The summed E-state index contributed by atoms with van der Waals surface area (Å²) in [5.74, 6) is 0.735. The summed E-state index contributed by atoms with van der Waals surface area (Å²) >= 11 is 7.63. The van der Waals surface area contributed by atoms with Crippen LogP contribution in [0.5, 0.6) is 11.5 Å². The lowest BCUT2D eigenvalue weighted by Crippen LogP contribution is -2.15.